The summed E-state index contributed by atoms with van der Waals surface area (Å²) in [4.78, 5) is 2.31. The minimum Gasteiger partial charge on any atom is -0.492 e. The molecule has 0 spiro atoms. The van der Waals surface area contributed by atoms with Crippen LogP contribution in [-0.4, -0.2) is 25.1 Å². The lowest BCUT2D eigenvalue weighted by atomic mass is 10.1. The smallest absolute Gasteiger partial charge is 0.124 e. The van der Waals surface area contributed by atoms with Crippen molar-refractivity contribution in [1.82, 2.24) is 4.90 Å². The second-order valence-electron chi connectivity index (χ2n) is 3.54. The van der Waals surface area contributed by atoms with Crippen LogP contribution in [0.15, 0.2) is 24.3 Å². The molecule has 1 aliphatic heterocycles. The number of ether oxygens (including phenoxy) is 1. The molecule has 0 aliphatic carbocycles. The van der Waals surface area contributed by atoms with E-state index in [0.29, 0.717) is 6.04 Å². The fraction of sp³-hybridized carbons (Fsp3) is 0.455. The van der Waals surface area contributed by atoms with Gasteiger partial charge in [-0.3, -0.25) is 4.90 Å². The number of rotatable bonds is 0. The van der Waals surface area contributed by atoms with E-state index in [-0.39, 0.29) is 0 Å². The van der Waals surface area contributed by atoms with Crippen molar-refractivity contribution in [3.05, 3.63) is 29.8 Å². The second-order valence-corrected chi connectivity index (χ2v) is 3.54. The van der Waals surface area contributed by atoms with Crippen molar-refractivity contribution in [3.8, 4) is 5.75 Å². The van der Waals surface area contributed by atoms with Crippen LogP contribution in [0.3, 0.4) is 0 Å². The van der Waals surface area contributed by atoms with Crippen LogP contribution >= 0.6 is 0 Å². The molecule has 13 heavy (non-hydrogen) atoms. The van der Waals surface area contributed by atoms with Crippen LogP contribution in [0.5, 0.6) is 5.75 Å². The zero-order valence-electron chi connectivity index (χ0n) is 8.16. The Morgan fingerprint density at radius 3 is 3.00 bits per heavy atom. The largest absolute Gasteiger partial charge is 0.492 e. The number of benzene rings is 1. The van der Waals surface area contributed by atoms with Gasteiger partial charge >= 0.3 is 0 Å². The van der Waals surface area contributed by atoms with Gasteiger partial charge in [-0.2, -0.15) is 0 Å². The third-order valence-electron chi connectivity index (χ3n) is 2.73. The fourth-order valence-corrected chi connectivity index (χ4v) is 1.69. The van der Waals surface area contributed by atoms with Crippen LogP contribution in [0.1, 0.15) is 18.5 Å². The molecular weight excluding hydrogens is 162 g/mol. The molecule has 2 heteroatoms. The average molecular weight is 177 g/mol. The van der Waals surface area contributed by atoms with Gasteiger partial charge in [0.15, 0.2) is 0 Å². The molecule has 0 bridgehead atoms. The standard InChI is InChI=1S/C11H15NO/c1-9-10-5-3-4-6-11(10)13-8-7-12(9)2/h3-6,9H,7-8H2,1-2H3. The van der Waals surface area contributed by atoms with E-state index >= 15 is 0 Å². The Kier molecular flexibility index (Phi) is 2.23. The van der Waals surface area contributed by atoms with Crippen molar-refractivity contribution in [2.45, 2.75) is 13.0 Å². The van der Waals surface area contributed by atoms with E-state index < -0.39 is 0 Å². The maximum atomic E-state index is 5.65. The monoisotopic (exact) mass is 177 g/mol. The quantitative estimate of drug-likeness (QED) is 0.601. The summed E-state index contributed by atoms with van der Waals surface area (Å²) >= 11 is 0. The van der Waals surface area contributed by atoms with E-state index in [0.717, 1.165) is 18.9 Å². The Balaban J connectivity index is 2.40. The van der Waals surface area contributed by atoms with Crippen molar-refractivity contribution < 1.29 is 4.74 Å². The minimum atomic E-state index is 0.457. The summed E-state index contributed by atoms with van der Waals surface area (Å²) in [5.74, 6) is 1.04. The molecule has 0 saturated carbocycles. The molecule has 70 valence electrons. The number of hydrogen-bond donors (Lipinski definition) is 0. The highest BCUT2D eigenvalue weighted by atomic mass is 16.5. The molecular formula is C11H15NO. The molecule has 0 amide bonds. The second kappa shape index (κ2) is 3.38. The van der Waals surface area contributed by atoms with Crippen LogP contribution < -0.4 is 4.74 Å². The van der Waals surface area contributed by atoms with Gasteiger partial charge in [0.2, 0.25) is 0 Å². The zero-order chi connectivity index (χ0) is 9.26. The van der Waals surface area contributed by atoms with Gasteiger partial charge in [-0.25, -0.2) is 0 Å². The number of fused-ring (bicyclic) bond motifs is 1. The molecule has 1 atom stereocenters. The molecule has 0 saturated heterocycles. The number of likely N-dealkylation sites (N-methyl/N-ethyl adjacent to an activating group) is 1. The lowest BCUT2D eigenvalue weighted by Crippen LogP contribution is -2.24. The molecule has 1 aliphatic rings. The van der Waals surface area contributed by atoms with Crippen LogP contribution in [0.4, 0.5) is 0 Å². The van der Waals surface area contributed by atoms with Gasteiger partial charge in [-0.1, -0.05) is 18.2 Å². The molecule has 1 heterocycles. The van der Waals surface area contributed by atoms with Gasteiger partial charge in [0.1, 0.15) is 12.4 Å². The molecule has 1 unspecified atom stereocenters. The minimum absolute atomic E-state index is 0.457. The first kappa shape index (κ1) is 8.57. The predicted octanol–water partition coefficient (Wildman–Crippen LogP) is 2.07. The van der Waals surface area contributed by atoms with Crippen LogP contribution in [-0.2, 0) is 0 Å². The van der Waals surface area contributed by atoms with Crippen LogP contribution in [0, 0.1) is 0 Å². The Morgan fingerprint density at radius 2 is 2.15 bits per heavy atom. The van der Waals surface area contributed by atoms with Crippen LogP contribution in [0.2, 0.25) is 0 Å². The molecule has 0 fully saturated rings. The Labute approximate surface area is 79.1 Å². The zero-order valence-corrected chi connectivity index (χ0v) is 8.16. The van der Waals surface area contributed by atoms with Crippen molar-refractivity contribution in [1.29, 1.82) is 0 Å². The molecule has 1 aromatic carbocycles. The maximum Gasteiger partial charge on any atom is 0.124 e. The predicted molar refractivity (Wildman–Crippen MR) is 53.0 cm³/mol. The van der Waals surface area contributed by atoms with Crippen molar-refractivity contribution in [2.24, 2.45) is 0 Å². The average Bonchev–Trinajstić information content (AvgIpc) is 2.29. The molecule has 0 radical (unpaired) electrons. The first-order chi connectivity index (χ1) is 6.29. The highest BCUT2D eigenvalue weighted by molar-refractivity contribution is 5.36. The highest BCUT2D eigenvalue weighted by Gasteiger charge is 2.18. The van der Waals surface area contributed by atoms with E-state index in [1.54, 1.807) is 0 Å². The van der Waals surface area contributed by atoms with E-state index in [4.69, 9.17) is 4.74 Å². The van der Waals surface area contributed by atoms with E-state index in [1.807, 2.05) is 12.1 Å². The molecule has 2 rings (SSSR count). The van der Waals surface area contributed by atoms with E-state index in [9.17, 15) is 0 Å². The third-order valence-corrected chi connectivity index (χ3v) is 2.73. The molecule has 1 aromatic rings. The normalized spacial score (nSPS) is 23.1. The van der Waals surface area contributed by atoms with Gasteiger partial charge in [0.25, 0.3) is 0 Å². The maximum absolute atomic E-state index is 5.65. The van der Waals surface area contributed by atoms with Gasteiger partial charge in [0, 0.05) is 18.2 Å². The number of nitrogens with zero attached hydrogens (tertiary/aromatic N) is 1. The van der Waals surface area contributed by atoms with E-state index in [2.05, 4.69) is 31.0 Å². The Morgan fingerprint density at radius 1 is 1.38 bits per heavy atom. The van der Waals surface area contributed by atoms with Crippen molar-refractivity contribution >= 4 is 0 Å². The van der Waals surface area contributed by atoms with Gasteiger partial charge in [-0.15, -0.1) is 0 Å². The van der Waals surface area contributed by atoms with Crippen LogP contribution in [0.25, 0.3) is 0 Å². The summed E-state index contributed by atoms with van der Waals surface area (Å²) in [6, 6.07) is 8.74. The summed E-state index contributed by atoms with van der Waals surface area (Å²) in [7, 11) is 2.14. The summed E-state index contributed by atoms with van der Waals surface area (Å²) in [5, 5.41) is 0. The third kappa shape index (κ3) is 1.54. The SMILES string of the molecule is CC1c2ccccc2OCCN1C. The molecule has 2 nitrogen and oxygen atoms in total. The first-order valence-corrected chi connectivity index (χ1v) is 4.71. The first-order valence-electron chi connectivity index (χ1n) is 4.71. The lowest BCUT2D eigenvalue weighted by molar-refractivity contribution is 0.229. The summed E-state index contributed by atoms with van der Waals surface area (Å²) in [6.45, 7) is 4.00. The van der Waals surface area contributed by atoms with Crippen molar-refractivity contribution in [2.75, 3.05) is 20.2 Å². The van der Waals surface area contributed by atoms with Gasteiger partial charge in [-0.05, 0) is 20.0 Å². The van der Waals surface area contributed by atoms with E-state index in [1.165, 1.54) is 5.56 Å². The summed E-state index contributed by atoms with van der Waals surface area (Å²) in [5.41, 5.74) is 1.29. The highest BCUT2D eigenvalue weighted by Crippen LogP contribution is 2.30. The molecule has 0 N–H and O–H groups in total. The topological polar surface area (TPSA) is 12.5 Å². The van der Waals surface area contributed by atoms with Gasteiger partial charge < -0.3 is 4.74 Å². The van der Waals surface area contributed by atoms with Crippen molar-refractivity contribution in [3.63, 3.8) is 0 Å². The Hall–Kier alpha value is -1.02. The fourth-order valence-electron chi connectivity index (χ4n) is 1.69. The molecule has 0 aromatic heterocycles. The lowest BCUT2D eigenvalue weighted by Gasteiger charge is -2.21. The number of para-hydroxylation sites is 1. The summed E-state index contributed by atoms with van der Waals surface area (Å²) < 4.78 is 5.65. The van der Waals surface area contributed by atoms with Gasteiger partial charge in [0.05, 0.1) is 0 Å². The number of hydrogen-bond acceptors (Lipinski definition) is 2. The Bertz CT molecular complexity index is 298. The summed E-state index contributed by atoms with van der Waals surface area (Å²) in [6.07, 6.45) is 0.